The number of aryl methyl sites for hydroxylation is 1. The van der Waals surface area contributed by atoms with E-state index in [0.717, 1.165) is 22.8 Å². The van der Waals surface area contributed by atoms with Crippen molar-refractivity contribution in [3.05, 3.63) is 78.4 Å². The molecule has 4 aromatic carbocycles. The van der Waals surface area contributed by atoms with Gasteiger partial charge in [-0.2, -0.15) is 0 Å². The van der Waals surface area contributed by atoms with Crippen LogP contribution in [0, 0.1) is 6.92 Å². The van der Waals surface area contributed by atoms with Gasteiger partial charge >= 0.3 is 0 Å². The summed E-state index contributed by atoms with van der Waals surface area (Å²) in [7, 11) is -3.83. The number of benzene rings is 4. The molecular weight excluding hydrogens is 476 g/mol. The molecule has 0 aliphatic rings. The maximum absolute atomic E-state index is 13.2. The topological polar surface area (TPSA) is 72.8 Å². The largest absolute Gasteiger partial charge is 0.507 e. The first kappa shape index (κ1) is 23.5. The summed E-state index contributed by atoms with van der Waals surface area (Å²) < 4.78 is 37.5. The Hall–Kier alpha value is -2.65. The van der Waals surface area contributed by atoms with E-state index in [2.05, 4.69) is 18.7 Å². The van der Waals surface area contributed by atoms with Gasteiger partial charge in [0.1, 0.15) is 17.2 Å². The van der Waals surface area contributed by atoms with E-state index >= 15 is 0 Å². The first-order chi connectivity index (χ1) is 15.8. The highest BCUT2D eigenvalue weighted by Gasteiger charge is 2.21. The first-order valence-electron chi connectivity index (χ1n) is 10.2. The van der Waals surface area contributed by atoms with Gasteiger partial charge in [0.25, 0.3) is 0 Å². The van der Waals surface area contributed by atoms with Gasteiger partial charge in [-0.15, -0.1) is 12.6 Å². The molecule has 0 aliphatic heterocycles. The number of phenolic OH excluding ortho intramolecular Hbond substituents is 1. The Morgan fingerprint density at radius 3 is 2.36 bits per heavy atom. The van der Waals surface area contributed by atoms with Crippen LogP contribution in [-0.2, 0) is 14.0 Å². The summed E-state index contributed by atoms with van der Waals surface area (Å²) in [5.74, 6) is 1.03. The van der Waals surface area contributed by atoms with Gasteiger partial charge in [0.2, 0.25) is 9.84 Å². The fraction of sp³-hybridized carbons (Fsp3) is 0.120. The van der Waals surface area contributed by atoms with E-state index in [4.69, 9.17) is 8.92 Å². The van der Waals surface area contributed by atoms with Crippen molar-refractivity contribution in [3.63, 3.8) is 0 Å². The molecule has 0 unspecified atom stereocenters. The van der Waals surface area contributed by atoms with Crippen molar-refractivity contribution in [3.8, 4) is 17.2 Å². The van der Waals surface area contributed by atoms with Gasteiger partial charge in [-0.05, 0) is 73.2 Å². The van der Waals surface area contributed by atoms with E-state index in [1.165, 1.54) is 35.9 Å². The molecule has 0 heterocycles. The summed E-state index contributed by atoms with van der Waals surface area (Å²) in [6.45, 7) is 4.27. The molecule has 0 atom stereocenters. The molecule has 0 saturated carbocycles. The van der Waals surface area contributed by atoms with E-state index in [9.17, 15) is 13.5 Å². The molecule has 0 amide bonds. The molecule has 0 aliphatic carbocycles. The zero-order valence-corrected chi connectivity index (χ0v) is 20.5. The molecule has 0 bridgehead atoms. The van der Waals surface area contributed by atoms with Gasteiger partial charge in [0.05, 0.1) is 21.3 Å². The second-order valence-electron chi connectivity index (χ2n) is 7.37. The maximum atomic E-state index is 13.2. The standard InChI is InChI=1S/C25H22O5S3/c1-3-29-32-25-15-21(8-10-22(25)26)33(27,28)20-9-11-23(24(31)14-20)30-19-7-6-17-12-16(2)4-5-18(17)13-19/h4-15,26,31H,3H2,1-2H3. The highest BCUT2D eigenvalue weighted by atomic mass is 32.2. The van der Waals surface area contributed by atoms with E-state index in [1.54, 1.807) is 13.0 Å². The third kappa shape index (κ3) is 5.14. The molecular formula is C25H22O5S3. The second kappa shape index (κ2) is 9.69. The lowest BCUT2D eigenvalue weighted by Gasteiger charge is -2.12. The predicted molar refractivity (Wildman–Crippen MR) is 133 cm³/mol. The fourth-order valence-electron chi connectivity index (χ4n) is 3.27. The molecule has 0 spiro atoms. The zero-order valence-electron chi connectivity index (χ0n) is 18.0. The van der Waals surface area contributed by atoms with Crippen molar-refractivity contribution in [2.45, 2.75) is 33.4 Å². The zero-order chi connectivity index (χ0) is 23.6. The lowest BCUT2D eigenvalue weighted by Crippen LogP contribution is -2.02. The van der Waals surface area contributed by atoms with Gasteiger partial charge in [-0.1, -0.05) is 29.8 Å². The van der Waals surface area contributed by atoms with E-state index in [1.807, 2.05) is 37.3 Å². The lowest BCUT2D eigenvalue weighted by atomic mass is 10.1. The SMILES string of the molecule is CCOSc1cc(S(=O)(=O)c2ccc(Oc3ccc4cc(C)ccc4c3)c(S)c2)ccc1O. The van der Waals surface area contributed by atoms with Gasteiger partial charge in [0.15, 0.2) is 0 Å². The summed E-state index contributed by atoms with van der Waals surface area (Å²) in [5.41, 5.74) is 1.18. The number of ether oxygens (including phenoxy) is 1. The normalized spacial score (nSPS) is 11.6. The predicted octanol–water partition coefficient (Wildman–Crippen LogP) is 6.81. The average molecular weight is 499 g/mol. The summed E-state index contributed by atoms with van der Waals surface area (Å²) >= 11 is 5.39. The molecule has 5 nitrogen and oxygen atoms in total. The molecule has 33 heavy (non-hydrogen) atoms. The highest BCUT2D eigenvalue weighted by Crippen LogP contribution is 2.36. The number of hydrogen-bond acceptors (Lipinski definition) is 7. The van der Waals surface area contributed by atoms with Crippen molar-refractivity contribution in [1.82, 2.24) is 0 Å². The minimum absolute atomic E-state index is 0.0448. The summed E-state index contributed by atoms with van der Waals surface area (Å²) in [4.78, 5) is 0.846. The Bertz CT molecular complexity index is 1430. The highest BCUT2D eigenvalue weighted by molar-refractivity contribution is 7.95. The maximum Gasteiger partial charge on any atom is 0.206 e. The number of hydrogen-bond donors (Lipinski definition) is 2. The Morgan fingerprint density at radius 1 is 0.909 bits per heavy atom. The Morgan fingerprint density at radius 2 is 1.61 bits per heavy atom. The van der Waals surface area contributed by atoms with Gasteiger partial charge in [-0.3, -0.25) is 0 Å². The van der Waals surface area contributed by atoms with Gasteiger partial charge < -0.3 is 14.0 Å². The van der Waals surface area contributed by atoms with Crippen LogP contribution in [0.15, 0.2) is 92.4 Å². The molecule has 0 fully saturated rings. The fourth-order valence-corrected chi connectivity index (χ4v) is 5.58. The Labute approximate surface area is 202 Å². The third-order valence-corrected chi connectivity index (χ3v) is 7.90. The number of aromatic hydroxyl groups is 1. The monoisotopic (exact) mass is 498 g/mol. The van der Waals surface area contributed by atoms with Crippen molar-refractivity contribution in [2.24, 2.45) is 0 Å². The number of phenols is 1. The van der Waals surface area contributed by atoms with Crippen LogP contribution >= 0.6 is 24.7 Å². The van der Waals surface area contributed by atoms with Gasteiger partial charge in [0, 0.05) is 16.9 Å². The lowest BCUT2D eigenvalue weighted by molar-refractivity contribution is 0.398. The molecule has 0 aromatic heterocycles. The molecule has 8 heteroatoms. The van der Waals surface area contributed by atoms with Crippen LogP contribution in [0.3, 0.4) is 0 Å². The van der Waals surface area contributed by atoms with Crippen molar-refractivity contribution < 1.29 is 22.4 Å². The minimum atomic E-state index is -3.83. The van der Waals surface area contributed by atoms with Crippen LogP contribution in [0.25, 0.3) is 10.8 Å². The molecule has 170 valence electrons. The van der Waals surface area contributed by atoms with Crippen LogP contribution in [-0.4, -0.2) is 20.1 Å². The number of fused-ring (bicyclic) bond motifs is 1. The average Bonchev–Trinajstić information content (AvgIpc) is 2.79. The van der Waals surface area contributed by atoms with Crippen LogP contribution in [0.5, 0.6) is 17.2 Å². The van der Waals surface area contributed by atoms with E-state index in [-0.39, 0.29) is 15.5 Å². The van der Waals surface area contributed by atoms with Crippen molar-refractivity contribution >= 4 is 45.3 Å². The first-order valence-corrected chi connectivity index (χ1v) is 12.8. The quantitative estimate of drug-likeness (QED) is 0.215. The second-order valence-corrected chi connectivity index (χ2v) is 10.6. The molecule has 0 radical (unpaired) electrons. The number of thiol groups is 1. The van der Waals surface area contributed by atoms with Crippen molar-refractivity contribution in [1.29, 1.82) is 0 Å². The number of rotatable bonds is 7. The van der Waals surface area contributed by atoms with Crippen LogP contribution < -0.4 is 4.74 Å². The van der Waals surface area contributed by atoms with Crippen LogP contribution in [0.1, 0.15) is 12.5 Å². The minimum Gasteiger partial charge on any atom is -0.507 e. The molecule has 4 rings (SSSR count). The summed E-state index contributed by atoms with van der Waals surface area (Å²) in [6.07, 6.45) is 0. The number of sulfone groups is 1. The smallest absolute Gasteiger partial charge is 0.206 e. The van der Waals surface area contributed by atoms with E-state index in [0.29, 0.717) is 27.9 Å². The van der Waals surface area contributed by atoms with Gasteiger partial charge in [-0.25, -0.2) is 8.42 Å². The molecule has 0 saturated heterocycles. The third-order valence-electron chi connectivity index (χ3n) is 4.94. The molecule has 1 N–H and O–H groups in total. The molecule has 4 aromatic rings. The Kier molecular flexibility index (Phi) is 6.90. The van der Waals surface area contributed by atoms with Crippen LogP contribution in [0.4, 0.5) is 0 Å². The summed E-state index contributed by atoms with van der Waals surface area (Å²) in [6, 6.07) is 20.6. The van der Waals surface area contributed by atoms with Crippen molar-refractivity contribution in [2.75, 3.05) is 6.61 Å². The summed E-state index contributed by atoms with van der Waals surface area (Å²) in [5, 5.41) is 12.1. The van der Waals surface area contributed by atoms with E-state index < -0.39 is 9.84 Å². The van der Waals surface area contributed by atoms with Crippen LogP contribution in [0.2, 0.25) is 0 Å². The Balaban J connectivity index is 1.61.